The summed E-state index contributed by atoms with van der Waals surface area (Å²) in [6, 6.07) is 101. The van der Waals surface area contributed by atoms with Crippen LogP contribution in [-0.2, 0) is 10.8 Å². The molecule has 0 radical (unpaired) electrons. The lowest BCUT2D eigenvalue weighted by molar-refractivity contribution is 0.623. The van der Waals surface area contributed by atoms with Gasteiger partial charge in [0.2, 0.25) is 0 Å². The third-order valence-corrected chi connectivity index (χ3v) is 14.6. The molecular weight excluding hydrogens is 807 g/mol. The number of anilines is 3. The van der Waals surface area contributed by atoms with Gasteiger partial charge in [-0.05, 0) is 125 Å². The Balaban J connectivity index is 1.06. The Morgan fingerprint density at radius 1 is 0.239 bits per heavy atom. The fraction of sp³-hybridized carbons (Fsp3) is 0.0303. The lowest BCUT2D eigenvalue weighted by Crippen LogP contribution is -2.44. The van der Waals surface area contributed by atoms with Gasteiger partial charge in [-0.1, -0.05) is 237 Å². The van der Waals surface area contributed by atoms with Crippen LogP contribution in [0.15, 0.2) is 273 Å². The summed E-state index contributed by atoms with van der Waals surface area (Å²) in [5, 5.41) is 2.50. The topological polar surface area (TPSA) is 3.24 Å². The first kappa shape index (κ1) is 38.9. The highest BCUT2D eigenvalue weighted by molar-refractivity contribution is 5.97. The van der Waals surface area contributed by atoms with Crippen molar-refractivity contribution in [1.29, 1.82) is 0 Å². The van der Waals surface area contributed by atoms with Crippen LogP contribution in [0.3, 0.4) is 0 Å². The zero-order valence-electron chi connectivity index (χ0n) is 36.9. The Kier molecular flexibility index (Phi) is 9.05. The smallest absolute Gasteiger partial charge is 0.0720 e. The molecule has 13 rings (SSSR count). The number of rotatable bonds is 7. The normalized spacial score (nSPS) is 13.6. The summed E-state index contributed by atoms with van der Waals surface area (Å²) < 4.78 is 0. The van der Waals surface area contributed by atoms with Gasteiger partial charge in [0.1, 0.15) is 0 Å². The second-order valence-corrected chi connectivity index (χ2v) is 17.9. The van der Waals surface area contributed by atoms with E-state index in [1.165, 1.54) is 88.7 Å². The van der Waals surface area contributed by atoms with Gasteiger partial charge in [0, 0.05) is 17.1 Å². The standard InChI is InChI=1S/C66H45N/c1-4-19-46(20-5-1)47-35-39-52(40-36-47)67(53-41-37-49(38-42-53)56-29-18-22-48-21-10-11-27-55(48)56)54-43-44-58-57-28-12-13-30-59(57)66(64(58)45-54)62-33-16-14-31-60(62)65(50-23-6-2-7-24-50,51-25-8-3-9-26-51)61-32-15-17-34-63(61)66/h1-45H. The van der Waals surface area contributed by atoms with E-state index in [0.29, 0.717) is 0 Å². The van der Waals surface area contributed by atoms with Crippen LogP contribution >= 0.6 is 0 Å². The average Bonchev–Trinajstić information content (AvgIpc) is 3.70. The quantitative estimate of drug-likeness (QED) is 0.154. The molecule has 0 aliphatic heterocycles. The number of fused-ring (bicyclic) bond motifs is 10. The van der Waals surface area contributed by atoms with E-state index in [0.717, 1.165) is 17.1 Å². The van der Waals surface area contributed by atoms with E-state index in [4.69, 9.17) is 0 Å². The van der Waals surface area contributed by atoms with Crippen molar-refractivity contribution < 1.29 is 0 Å². The summed E-state index contributed by atoms with van der Waals surface area (Å²) in [5.74, 6) is 0. The molecule has 0 bridgehead atoms. The van der Waals surface area contributed by atoms with E-state index in [-0.39, 0.29) is 0 Å². The number of benzene rings is 11. The molecule has 0 N–H and O–H groups in total. The maximum atomic E-state index is 2.50. The van der Waals surface area contributed by atoms with Crippen LogP contribution in [0.4, 0.5) is 17.1 Å². The minimum absolute atomic E-state index is 0.561. The summed E-state index contributed by atoms with van der Waals surface area (Å²) in [6.07, 6.45) is 0. The highest BCUT2D eigenvalue weighted by Crippen LogP contribution is 2.65. The molecule has 2 aliphatic rings. The second kappa shape index (κ2) is 15.6. The number of hydrogen-bond acceptors (Lipinski definition) is 1. The van der Waals surface area contributed by atoms with Gasteiger partial charge in [-0.2, -0.15) is 0 Å². The first-order chi connectivity index (χ1) is 33.2. The minimum Gasteiger partial charge on any atom is -0.310 e. The molecule has 0 saturated carbocycles. The Labute approximate surface area is 392 Å². The van der Waals surface area contributed by atoms with Gasteiger partial charge in [-0.15, -0.1) is 0 Å². The molecule has 1 nitrogen and oxygen atoms in total. The molecule has 0 amide bonds. The molecule has 0 aromatic heterocycles. The molecule has 1 heteroatoms. The zero-order valence-corrected chi connectivity index (χ0v) is 36.9. The Morgan fingerprint density at radius 3 is 1.27 bits per heavy atom. The fourth-order valence-electron chi connectivity index (χ4n) is 11.9. The van der Waals surface area contributed by atoms with Crippen molar-refractivity contribution in [3.63, 3.8) is 0 Å². The summed E-state index contributed by atoms with van der Waals surface area (Å²) >= 11 is 0. The van der Waals surface area contributed by atoms with Crippen LogP contribution in [0, 0.1) is 0 Å². The van der Waals surface area contributed by atoms with Crippen molar-refractivity contribution in [3.8, 4) is 33.4 Å². The number of hydrogen-bond donors (Lipinski definition) is 0. The predicted molar refractivity (Wildman–Crippen MR) is 279 cm³/mol. The van der Waals surface area contributed by atoms with Crippen molar-refractivity contribution in [3.05, 3.63) is 317 Å². The van der Waals surface area contributed by atoms with Crippen molar-refractivity contribution in [2.24, 2.45) is 0 Å². The van der Waals surface area contributed by atoms with E-state index in [2.05, 4.69) is 278 Å². The largest absolute Gasteiger partial charge is 0.310 e. The third-order valence-electron chi connectivity index (χ3n) is 14.6. The molecule has 1 spiro atoms. The van der Waals surface area contributed by atoms with Gasteiger partial charge in [0.25, 0.3) is 0 Å². The molecule has 0 fully saturated rings. The maximum Gasteiger partial charge on any atom is 0.0720 e. The van der Waals surface area contributed by atoms with E-state index < -0.39 is 10.8 Å². The Morgan fingerprint density at radius 2 is 0.657 bits per heavy atom. The molecule has 67 heavy (non-hydrogen) atoms. The van der Waals surface area contributed by atoms with E-state index >= 15 is 0 Å². The van der Waals surface area contributed by atoms with Crippen LogP contribution in [0.1, 0.15) is 44.5 Å². The summed E-state index contributed by atoms with van der Waals surface area (Å²) in [6.45, 7) is 0. The van der Waals surface area contributed by atoms with Crippen molar-refractivity contribution in [2.45, 2.75) is 10.8 Å². The molecule has 0 heterocycles. The molecule has 2 aliphatic carbocycles. The molecule has 0 unspecified atom stereocenters. The van der Waals surface area contributed by atoms with Gasteiger partial charge < -0.3 is 4.90 Å². The van der Waals surface area contributed by atoms with E-state index in [1.54, 1.807) is 0 Å². The number of nitrogens with zero attached hydrogens (tertiary/aromatic N) is 1. The molecule has 314 valence electrons. The van der Waals surface area contributed by atoms with Crippen molar-refractivity contribution in [1.82, 2.24) is 0 Å². The van der Waals surface area contributed by atoms with Gasteiger partial charge in [0.15, 0.2) is 0 Å². The molecular formula is C66H45N. The minimum atomic E-state index is -0.608. The third kappa shape index (κ3) is 5.81. The maximum absolute atomic E-state index is 2.50. The van der Waals surface area contributed by atoms with Gasteiger partial charge in [0.05, 0.1) is 10.8 Å². The van der Waals surface area contributed by atoms with Crippen LogP contribution in [-0.4, -0.2) is 0 Å². The van der Waals surface area contributed by atoms with Crippen LogP contribution in [0.2, 0.25) is 0 Å². The average molecular weight is 852 g/mol. The molecule has 0 saturated heterocycles. The lowest BCUT2D eigenvalue weighted by atomic mass is 9.51. The van der Waals surface area contributed by atoms with Crippen LogP contribution < -0.4 is 4.90 Å². The van der Waals surface area contributed by atoms with E-state index in [1.807, 2.05) is 0 Å². The monoisotopic (exact) mass is 851 g/mol. The molecule has 11 aromatic carbocycles. The van der Waals surface area contributed by atoms with Crippen LogP contribution in [0.5, 0.6) is 0 Å². The lowest BCUT2D eigenvalue weighted by Gasteiger charge is -2.50. The Hall–Kier alpha value is -8.52. The van der Waals surface area contributed by atoms with Gasteiger partial charge in [-0.3, -0.25) is 0 Å². The summed E-state index contributed by atoms with van der Waals surface area (Å²) in [7, 11) is 0. The second-order valence-electron chi connectivity index (χ2n) is 17.9. The van der Waals surface area contributed by atoms with Gasteiger partial charge >= 0.3 is 0 Å². The van der Waals surface area contributed by atoms with E-state index in [9.17, 15) is 0 Å². The molecule has 11 aromatic rings. The Bertz CT molecular complexity index is 3520. The SMILES string of the molecule is c1ccc(-c2ccc(N(c3ccc(-c4cccc5ccccc45)cc3)c3ccc4c(c3)C3(c5ccccc5-4)c4ccccc4C(c4ccccc4)(c4ccccc4)c4ccccc43)cc2)cc1. The first-order valence-corrected chi connectivity index (χ1v) is 23.3. The summed E-state index contributed by atoms with van der Waals surface area (Å²) in [5.41, 5.74) is 19.8. The van der Waals surface area contributed by atoms with Crippen molar-refractivity contribution in [2.75, 3.05) is 4.90 Å². The summed E-state index contributed by atoms with van der Waals surface area (Å²) in [4.78, 5) is 2.44. The predicted octanol–water partition coefficient (Wildman–Crippen LogP) is 16.7. The van der Waals surface area contributed by atoms with Crippen LogP contribution in [0.25, 0.3) is 44.2 Å². The fourth-order valence-corrected chi connectivity index (χ4v) is 11.9. The first-order valence-electron chi connectivity index (χ1n) is 23.3. The highest BCUT2D eigenvalue weighted by Gasteiger charge is 2.56. The highest BCUT2D eigenvalue weighted by atomic mass is 15.1. The van der Waals surface area contributed by atoms with Crippen molar-refractivity contribution >= 4 is 27.8 Å². The zero-order chi connectivity index (χ0) is 44.4. The molecule has 0 atom stereocenters. The van der Waals surface area contributed by atoms with Gasteiger partial charge in [-0.25, -0.2) is 0 Å².